The molecule has 1 atom stereocenters. The normalized spacial score (nSPS) is 12.3. The number of carbonyl (C=O) groups is 1. The van der Waals surface area contributed by atoms with Crippen LogP contribution >= 0.6 is 0 Å². The molecule has 0 aliphatic heterocycles. The second-order valence-electron chi connectivity index (χ2n) is 8.25. The summed E-state index contributed by atoms with van der Waals surface area (Å²) in [6.07, 6.45) is 0.423. The van der Waals surface area contributed by atoms with Gasteiger partial charge in [-0.2, -0.15) is 0 Å². The topological polar surface area (TPSA) is 55.8 Å². The van der Waals surface area contributed by atoms with Crippen molar-refractivity contribution in [2.75, 3.05) is 14.2 Å². The number of aryl methyl sites for hydroxylation is 2. The second-order valence-corrected chi connectivity index (χ2v) is 8.25. The third-order valence-electron chi connectivity index (χ3n) is 6.10. The highest BCUT2D eigenvalue weighted by atomic mass is 16.5. The molecule has 3 aromatic rings. The van der Waals surface area contributed by atoms with Gasteiger partial charge in [0.1, 0.15) is 11.5 Å². The molecular weight excluding hydrogens is 388 g/mol. The van der Waals surface area contributed by atoms with Gasteiger partial charge in [0.15, 0.2) is 0 Å². The lowest BCUT2D eigenvalue weighted by Gasteiger charge is -2.37. The second kappa shape index (κ2) is 9.25. The van der Waals surface area contributed by atoms with Gasteiger partial charge >= 0.3 is 5.97 Å². The van der Waals surface area contributed by atoms with Gasteiger partial charge in [-0.15, -0.1) is 0 Å². The van der Waals surface area contributed by atoms with E-state index >= 15 is 0 Å². The number of aliphatic carboxylic acids is 1. The Hall–Kier alpha value is -3.27. The summed E-state index contributed by atoms with van der Waals surface area (Å²) in [4.78, 5) is 12.7. The number of hydrogen-bond acceptors (Lipinski definition) is 3. The van der Waals surface area contributed by atoms with Gasteiger partial charge in [-0.25, -0.2) is 0 Å². The quantitative estimate of drug-likeness (QED) is 0.520. The predicted octanol–water partition coefficient (Wildman–Crippen LogP) is 5.57. The molecule has 4 nitrogen and oxygen atoms in total. The van der Waals surface area contributed by atoms with E-state index in [1.165, 1.54) is 0 Å². The number of rotatable bonds is 8. The van der Waals surface area contributed by atoms with E-state index in [0.29, 0.717) is 6.42 Å². The van der Waals surface area contributed by atoms with Crippen molar-refractivity contribution < 1.29 is 19.4 Å². The maximum Gasteiger partial charge on any atom is 0.308 e. The van der Waals surface area contributed by atoms with Crippen molar-refractivity contribution in [3.05, 3.63) is 94.5 Å². The van der Waals surface area contributed by atoms with Crippen LogP contribution in [0.25, 0.3) is 0 Å². The van der Waals surface area contributed by atoms with Crippen molar-refractivity contribution in [1.29, 1.82) is 0 Å². The SMILES string of the molecule is COc1ccc(C(C)(c2ccc(OC)cc2)C(Cc2cc(C)cc(C)c2)C(=O)O)cc1. The number of benzene rings is 3. The molecular formula is C27H30O4. The number of ether oxygens (including phenoxy) is 2. The van der Waals surface area contributed by atoms with Crippen LogP contribution in [0.1, 0.15) is 34.7 Å². The fourth-order valence-corrected chi connectivity index (χ4v) is 4.40. The first kappa shape index (κ1) is 22.4. The van der Waals surface area contributed by atoms with E-state index < -0.39 is 17.3 Å². The Kier molecular flexibility index (Phi) is 6.69. The van der Waals surface area contributed by atoms with Crippen molar-refractivity contribution in [3.63, 3.8) is 0 Å². The van der Waals surface area contributed by atoms with Gasteiger partial charge in [-0.3, -0.25) is 4.79 Å². The summed E-state index contributed by atoms with van der Waals surface area (Å²) in [6.45, 7) is 6.09. The Balaban J connectivity index is 2.15. The third-order valence-corrected chi connectivity index (χ3v) is 6.10. The minimum Gasteiger partial charge on any atom is -0.497 e. The molecule has 1 unspecified atom stereocenters. The zero-order chi connectivity index (χ0) is 22.6. The predicted molar refractivity (Wildman–Crippen MR) is 123 cm³/mol. The zero-order valence-corrected chi connectivity index (χ0v) is 18.8. The highest BCUT2D eigenvalue weighted by Gasteiger charge is 2.42. The van der Waals surface area contributed by atoms with Crippen molar-refractivity contribution in [3.8, 4) is 11.5 Å². The molecule has 0 saturated carbocycles. The maximum atomic E-state index is 12.7. The first-order valence-electron chi connectivity index (χ1n) is 10.4. The Labute approximate surface area is 184 Å². The highest BCUT2D eigenvalue weighted by molar-refractivity contribution is 5.74. The first-order valence-corrected chi connectivity index (χ1v) is 10.4. The lowest BCUT2D eigenvalue weighted by molar-refractivity contribution is -0.143. The van der Waals surface area contributed by atoms with Gasteiger partial charge in [-0.05, 0) is 61.2 Å². The van der Waals surface area contributed by atoms with Crippen LogP contribution in [0.15, 0.2) is 66.7 Å². The van der Waals surface area contributed by atoms with Gasteiger partial charge < -0.3 is 14.6 Å². The monoisotopic (exact) mass is 418 g/mol. The fourth-order valence-electron chi connectivity index (χ4n) is 4.40. The van der Waals surface area contributed by atoms with Crippen LogP contribution in [0.5, 0.6) is 11.5 Å². The Morgan fingerprint density at radius 3 is 1.61 bits per heavy atom. The van der Waals surface area contributed by atoms with E-state index in [4.69, 9.17) is 9.47 Å². The lowest BCUT2D eigenvalue weighted by atomic mass is 9.65. The Bertz CT molecular complexity index is 968. The summed E-state index contributed by atoms with van der Waals surface area (Å²) < 4.78 is 10.6. The molecule has 0 amide bonds. The highest BCUT2D eigenvalue weighted by Crippen LogP contribution is 2.42. The first-order chi connectivity index (χ1) is 14.8. The molecule has 3 rings (SSSR count). The average Bonchev–Trinajstić information content (AvgIpc) is 2.76. The van der Waals surface area contributed by atoms with Gasteiger partial charge in [0, 0.05) is 5.41 Å². The maximum absolute atomic E-state index is 12.7. The standard InChI is InChI=1S/C27H30O4/c1-18-14-19(2)16-20(15-18)17-25(26(28)29)27(3,21-6-10-23(30-4)11-7-21)22-8-12-24(31-5)13-9-22/h6-16,25H,17H2,1-5H3,(H,28,29). The molecule has 0 aliphatic carbocycles. The largest absolute Gasteiger partial charge is 0.497 e. The summed E-state index contributed by atoms with van der Waals surface area (Å²) in [5, 5.41) is 10.4. The number of carboxylic acids is 1. The van der Waals surface area contributed by atoms with E-state index in [1.54, 1.807) is 14.2 Å². The molecule has 0 heterocycles. The molecule has 0 spiro atoms. The zero-order valence-electron chi connectivity index (χ0n) is 18.8. The van der Waals surface area contributed by atoms with Gasteiger partial charge in [-0.1, -0.05) is 60.5 Å². The molecule has 31 heavy (non-hydrogen) atoms. The Morgan fingerprint density at radius 1 is 0.839 bits per heavy atom. The smallest absolute Gasteiger partial charge is 0.308 e. The van der Waals surface area contributed by atoms with E-state index in [9.17, 15) is 9.90 Å². The number of hydrogen-bond donors (Lipinski definition) is 1. The lowest BCUT2D eigenvalue weighted by Crippen LogP contribution is -2.40. The van der Waals surface area contributed by atoms with E-state index in [1.807, 2.05) is 69.3 Å². The van der Waals surface area contributed by atoms with Crippen LogP contribution < -0.4 is 9.47 Å². The van der Waals surface area contributed by atoms with Crippen molar-refractivity contribution in [2.45, 2.75) is 32.6 Å². The van der Waals surface area contributed by atoms with Crippen molar-refractivity contribution in [1.82, 2.24) is 0 Å². The van der Waals surface area contributed by atoms with E-state index in [-0.39, 0.29) is 0 Å². The summed E-state index contributed by atoms with van der Waals surface area (Å²) >= 11 is 0. The average molecular weight is 419 g/mol. The number of methoxy groups -OCH3 is 2. The van der Waals surface area contributed by atoms with Gasteiger partial charge in [0.05, 0.1) is 20.1 Å². The molecule has 3 aromatic carbocycles. The van der Waals surface area contributed by atoms with E-state index in [2.05, 4.69) is 18.2 Å². The molecule has 162 valence electrons. The fraction of sp³-hybridized carbons (Fsp3) is 0.296. The molecule has 0 aromatic heterocycles. The summed E-state index contributed by atoms with van der Waals surface area (Å²) in [6, 6.07) is 21.6. The minimum absolute atomic E-state index is 0.423. The van der Waals surface area contributed by atoms with Gasteiger partial charge in [0.25, 0.3) is 0 Å². The van der Waals surface area contributed by atoms with Crippen molar-refractivity contribution in [2.24, 2.45) is 5.92 Å². The molecule has 0 saturated heterocycles. The van der Waals surface area contributed by atoms with Crippen LogP contribution in [0.3, 0.4) is 0 Å². The summed E-state index contributed by atoms with van der Waals surface area (Å²) in [5.41, 5.74) is 4.38. The molecule has 0 aliphatic rings. The molecule has 0 bridgehead atoms. The van der Waals surface area contributed by atoms with Crippen LogP contribution in [0.2, 0.25) is 0 Å². The Morgan fingerprint density at radius 2 is 1.26 bits per heavy atom. The molecule has 0 radical (unpaired) electrons. The van der Waals surface area contributed by atoms with E-state index in [0.717, 1.165) is 39.3 Å². The van der Waals surface area contributed by atoms with Crippen LogP contribution in [-0.2, 0) is 16.6 Å². The number of carboxylic acid groups (broad SMARTS) is 1. The molecule has 1 N–H and O–H groups in total. The molecule has 0 fully saturated rings. The summed E-state index contributed by atoms with van der Waals surface area (Å²) in [7, 11) is 3.25. The van der Waals surface area contributed by atoms with Crippen molar-refractivity contribution >= 4 is 5.97 Å². The van der Waals surface area contributed by atoms with Crippen LogP contribution in [-0.4, -0.2) is 25.3 Å². The minimum atomic E-state index is -0.826. The van der Waals surface area contributed by atoms with Crippen LogP contribution in [0.4, 0.5) is 0 Å². The third kappa shape index (κ3) is 4.74. The summed E-state index contributed by atoms with van der Waals surface area (Å²) in [5.74, 6) is -0.0205. The molecule has 4 heteroatoms. The van der Waals surface area contributed by atoms with Crippen LogP contribution in [0, 0.1) is 19.8 Å². The van der Waals surface area contributed by atoms with Gasteiger partial charge in [0.2, 0.25) is 0 Å².